The molecule has 0 saturated carbocycles. The van der Waals surface area contributed by atoms with E-state index in [1.165, 1.54) is 16.3 Å². The zero-order chi connectivity index (χ0) is 20.2. The molecule has 0 radical (unpaired) electrons. The maximum Gasteiger partial charge on any atom is 0.162 e. The highest BCUT2D eigenvalue weighted by atomic mass is 16.5. The third-order valence-corrected chi connectivity index (χ3v) is 6.21. The summed E-state index contributed by atoms with van der Waals surface area (Å²) in [5, 5.41) is 6.09. The summed E-state index contributed by atoms with van der Waals surface area (Å²) < 4.78 is 5.35. The van der Waals surface area contributed by atoms with Crippen LogP contribution in [0.4, 0.5) is 5.69 Å². The molecular weight excluding hydrogens is 358 g/mol. The highest BCUT2D eigenvalue weighted by Crippen LogP contribution is 2.50. The number of hydrogen-bond acceptors (Lipinski definition) is 3. The molecule has 5 rings (SSSR count). The number of Topliss-reactive ketones (excluding diaryl/α,β-unsaturated/α-hetero) is 1. The maximum atomic E-state index is 13.3. The van der Waals surface area contributed by atoms with Gasteiger partial charge >= 0.3 is 0 Å². The number of benzene rings is 3. The predicted molar refractivity (Wildman–Crippen MR) is 117 cm³/mol. The first-order valence-corrected chi connectivity index (χ1v) is 10.2. The fraction of sp³-hybridized carbons (Fsp3) is 0.269. The van der Waals surface area contributed by atoms with Gasteiger partial charge in [0.15, 0.2) is 5.78 Å². The molecule has 0 saturated heterocycles. The van der Waals surface area contributed by atoms with E-state index in [1.54, 1.807) is 7.11 Å². The third kappa shape index (κ3) is 2.93. The first-order chi connectivity index (χ1) is 14.0. The quantitative estimate of drug-likeness (QED) is 0.585. The van der Waals surface area contributed by atoms with Gasteiger partial charge in [0, 0.05) is 29.0 Å². The molecule has 146 valence electrons. The minimum absolute atomic E-state index is 0.0323. The number of fused-ring (bicyclic) bond motifs is 3. The Morgan fingerprint density at radius 1 is 0.966 bits per heavy atom. The van der Waals surface area contributed by atoms with Crippen LogP contribution < -0.4 is 10.1 Å². The van der Waals surface area contributed by atoms with E-state index >= 15 is 0 Å². The lowest BCUT2D eigenvalue weighted by atomic mass is 9.68. The summed E-state index contributed by atoms with van der Waals surface area (Å²) in [6.45, 7) is 4.36. The van der Waals surface area contributed by atoms with Crippen LogP contribution in [-0.2, 0) is 4.79 Å². The van der Waals surface area contributed by atoms with E-state index in [2.05, 4.69) is 67.7 Å². The van der Waals surface area contributed by atoms with E-state index < -0.39 is 0 Å². The number of carbonyl (C=O) groups excluding carboxylic acids is 1. The zero-order valence-corrected chi connectivity index (χ0v) is 17.1. The summed E-state index contributed by atoms with van der Waals surface area (Å²) in [7, 11) is 1.67. The minimum atomic E-state index is -0.0552. The number of rotatable bonds is 2. The summed E-state index contributed by atoms with van der Waals surface area (Å²) in [4.78, 5) is 13.3. The molecule has 3 aromatic carbocycles. The molecule has 0 aromatic heterocycles. The number of nitrogens with one attached hydrogen (secondary N) is 1. The number of ketones is 1. The Labute approximate surface area is 171 Å². The summed E-state index contributed by atoms with van der Waals surface area (Å²) in [6.07, 6.45) is 1.46. The zero-order valence-electron chi connectivity index (χ0n) is 17.1. The van der Waals surface area contributed by atoms with Crippen LogP contribution in [0.15, 0.2) is 71.9 Å². The van der Waals surface area contributed by atoms with Crippen molar-refractivity contribution in [1.29, 1.82) is 0 Å². The van der Waals surface area contributed by atoms with E-state index in [1.807, 2.05) is 12.1 Å². The van der Waals surface area contributed by atoms with Crippen LogP contribution in [0.3, 0.4) is 0 Å². The first-order valence-electron chi connectivity index (χ1n) is 10.2. The normalized spacial score (nSPS) is 20.1. The van der Waals surface area contributed by atoms with Crippen molar-refractivity contribution in [3.05, 3.63) is 83.1 Å². The molecule has 3 aromatic rings. The largest absolute Gasteiger partial charge is 0.497 e. The molecule has 1 heterocycles. The van der Waals surface area contributed by atoms with Crippen LogP contribution >= 0.6 is 0 Å². The molecule has 1 aliphatic heterocycles. The molecular formula is C26H25NO2. The fourth-order valence-corrected chi connectivity index (χ4v) is 4.90. The molecule has 3 nitrogen and oxygen atoms in total. The van der Waals surface area contributed by atoms with Crippen LogP contribution in [0.1, 0.15) is 43.7 Å². The van der Waals surface area contributed by atoms with Crippen LogP contribution in [0.5, 0.6) is 5.75 Å². The molecule has 2 aliphatic rings. The lowest BCUT2D eigenvalue weighted by Crippen LogP contribution is -2.33. The minimum Gasteiger partial charge on any atom is -0.497 e. The lowest BCUT2D eigenvalue weighted by molar-refractivity contribution is -0.118. The van der Waals surface area contributed by atoms with Crippen LogP contribution in [0.25, 0.3) is 10.8 Å². The molecule has 0 spiro atoms. The van der Waals surface area contributed by atoms with Crippen molar-refractivity contribution in [1.82, 2.24) is 0 Å². The van der Waals surface area contributed by atoms with Crippen molar-refractivity contribution in [2.75, 3.05) is 12.4 Å². The van der Waals surface area contributed by atoms with Crippen molar-refractivity contribution in [3.63, 3.8) is 0 Å². The van der Waals surface area contributed by atoms with E-state index in [0.717, 1.165) is 34.7 Å². The van der Waals surface area contributed by atoms with E-state index in [9.17, 15) is 4.79 Å². The Morgan fingerprint density at radius 2 is 1.72 bits per heavy atom. The van der Waals surface area contributed by atoms with Crippen molar-refractivity contribution in [3.8, 4) is 5.75 Å². The Hall–Kier alpha value is -3.07. The highest BCUT2D eigenvalue weighted by molar-refractivity contribution is 6.05. The Bertz CT molecular complexity index is 1160. The summed E-state index contributed by atoms with van der Waals surface area (Å²) in [5.41, 5.74) is 5.40. The maximum absolute atomic E-state index is 13.3. The van der Waals surface area contributed by atoms with Gasteiger partial charge in [0.1, 0.15) is 5.75 Å². The van der Waals surface area contributed by atoms with Gasteiger partial charge in [-0.05, 0) is 40.5 Å². The van der Waals surface area contributed by atoms with Gasteiger partial charge in [0.25, 0.3) is 0 Å². The molecule has 1 aliphatic carbocycles. The Morgan fingerprint density at radius 3 is 2.48 bits per heavy atom. The number of allylic oxidation sites excluding steroid dienone is 2. The topological polar surface area (TPSA) is 38.3 Å². The monoisotopic (exact) mass is 383 g/mol. The van der Waals surface area contributed by atoms with Gasteiger partial charge in [-0.25, -0.2) is 0 Å². The smallest absolute Gasteiger partial charge is 0.162 e. The SMILES string of the molecule is COc1ccc([C@H]2C3=C(CC(C)(C)CC3=O)Nc3c2ccc2ccccc32)cc1. The Balaban J connectivity index is 1.76. The molecule has 0 fully saturated rings. The van der Waals surface area contributed by atoms with Gasteiger partial charge < -0.3 is 10.1 Å². The summed E-state index contributed by atoms with van der Waals surface area (Å²) in [6, 6.07) is 20.9. The Kier molecular flexibility index (Phi) is 4.02. The average Bonchev–Trinajstić information content (AvgIpc) is 2.71. The standard InChI is InChI=1S/C26H25NO2/c1-26(2)14-21-24(22(28)15-26)23(17-8-11-18(29-3)12-9-17)20-13-10-16-6-4-5-7-19(16)25(20)27-21/h4-13,23,27H,14-15H2,1-3H3/t23-/m1/s1. The van der Waals surface area contributed by atoms with Crippen molar-refractivity contribution in [2.24, 2.45) is 5.41 Å². The van der Waals surface area contributed by atoms with Gasteiger partial charge in [0.2, 0.25) is 0 Å². The first kappa shape index (κ1) is 18.0. The van der Waals surface area contributed by atoms with Crippen molar-refractivity contribution >= 4 is 22.2 Å². The van der Waals surface area contributed by atoms with Gasteiger partial charge in [-0.1, -0.05) is 62.4 Å². The number of carbonyl (C=O) groups is 1. The second-order valence-corrected chi connectivity index (χ2v) is 8.92. The van der Waals surface area contributed by atoms with Crippen LogP contribution in [0.2, 0.25) is 0 Å². The highest BCUT2D eigenvalue weighted by Gasteiger charge is 2.40. The number of anilines is 1. The van der Waals surface area contributed by atoms with Gasteiger partial charge in [0.05, 0.1) is 12.8 Å². The van der Waals surface area contributed by atoms with Crippen molar-refractivity contribution in [2.45, 2.75) is 32.6 Å². The second-order valence-electron chi connectivity index (χ2n) is 8.92. The molecule has 0 unspecified atom stereocenters. The van der Waals surface area contributed by atoms with E-state index in [-0.39, 0.29) is 17.1 Å². The third-order valence-electron chi connectivity index (χ3n) is 6.21. The lowest BCUT2D eigenvalue weighted by Gasteiger charge is -2.40. The van der Waals surface area contributed by atoms with Crippen molar-refractivity contribution < 1.29 is 9.53 Å². The van der Waals surface area contributed by atoms with Crippen LogP contribution in [-0.4, -0.2) is 12.9 Å². The van der Waals surface area contributed by atoms with E-state index in [0.29, 0.717) is 6.42 Å². The molecule has 0 amide bonds. The number of ether oxygens (including phenoxy) is 1. The summed E-state index contributed by atoms with van der Waals surface area (Å²) in [5.74, 6) is 1.02. The van der Waals surface area contributed by atoms with Gasteiger partial charge in [-0.3, -0.25) is 4.79 Å². The molecule has 0 bridgehead atoms. The van der Waals surface area contributed by atoms with Gasteiger partial charge in [-0.15, -0.1) is 0 Å². The summed E-state index contributed by atoms with van der Waals surface area (Å²) >= 11 is 0. The number of methoxy groups -OCH3 is 1. The molecule has 3 heteroatoms. The second kappa shape index (κ2) is 6.48. The average molecular weight is 383 g/mol. The van der Waals surface area contributed by atoms with E-state index in [4.69, 9.17) is 4.74 Å². The number of hydrogen-bond donors (Lipinski definition) is 1. The molecule has 29 heavy (non-hydrogen) atoms. The van der Waals surface area contributed by atoms with Gasteiger partial charge in [-0.2, -0.15) is 0 Å². The fourth-order valence-electron chi connectivity index (χ4n) is 4.90. The molecule has 1 atom stereocenters. The predicted octanol–water partition coefficient (Wildman–Crippen LogP) is 6.05. The molecule has 1 N–H and O–H groups in total. The van der Waals surface area contributed by atoms with Crippen LogP contribution in [0, 0.1) is 5.41 Å².